The summed E-state index contributed by atoms with van der Waals surface area (Å²) in [5.74, 6) is 0.441. The van der Waals surface area contributed by atoms with Gasteiger partial charge < -0.3 is 9.72 Å². The van der Waals surface area contributed by atoms with Gasteiger partial charge >= 0.3 is 0 Å². The lowest BCUT2D eigenvalue weighted by atomic mass is 9.95. The van der Waals surface area contributed by atoms with Crippen molar-refractivity contribution in [3.05, 3.63) is 48.2 Å². The third-order valence-electron chi connectivity index (χ3n) is 5.09. The van der Waals surface area contributed by atoms with Crippen molar-refractivity contribution < 1.29 is 9.18 Å². The molecule has 27 heavy (non-hydrogen) atoms. The van der Waals surface area contributed by atoms with Crippen LogP contribution in [0.3, 0.4) is 0 Å². The average molecular weight is 363 g/mol. The Morgan fingerprint density at radius 1 is 1.37 bits per heavy atom. The van der Waals surface area contributed by atoms with Gasteiger partial charge in [-0.1, -0.05) is 6.92 Å². The van der Waals surface area contributed by atoms with E-state index in [0.29, 0.717) is 23.3 Å². The van der Waals surface area contributed by atoms with E-state index < -0.39 is 0 Å². The molecule has 3 heterocycles. The first-order valence-corrected chi connectivity index (χ1v) is 9.08. The number of nitrogens with one attached hydrogen (secondary N) is 2. The van der Waals surface area contributed by atoms with Crippen molar-refractivity contribution in [1.82, 2.24) is 19.6 Å². The van der Waals surface area contributed by atoms with Crippen molar-refractivity contribution in [2.75, 3.05) is 5.32 Å². The average Bonchev–Trinajstić information content (AvgIpc) is 3.28. The zero-order valence-corrected chi connectivity index (χ0v) is 14.8. The molecule has 1 aromatic carbocycles. The zero-order chi connectivity index (χ0) is 18.5. The molecule has 6 nitrogen and oxygen atoms in total. The highest BCUT2D eigenvalue weighted by atomic mass is 19.1. The van der Waals surface area contributed by atoms with Crippen LogP contribution in [0.4, 0.5) is 10.2 Å². The molecular weight excluding hydrogens is 345 g/mol. The second-order valence-corrected chi connectivity index (χ2v) is 6.97. The molecule has 2 N–H and O–H groups in total. The quantitative estimate of drug-likeness (QED) is 0.577. The number of aromatic nitrogens is 4. The highest BCUT2D eigenvalue weighted by Gasteiger charge is 2.30. The summed E-state index contributed by atoms with van der Waals surface area (Å²) in [6.45, 7) is 1.94. The number of benzene rings is 1. The van der Waals surface area contributed by atoms with Gasteiger partial charge in [-0.15, -0.1) is 0 Å². The number of imidazole rings is 1. The Morgan fingerprint density at radius 2 is 2.22 bits per heavy atom. The van der Waals surface area contributed by atoms with Crippen molar-refractivity contribution >= 4 is 28.3 Å². The maximum Gasteiger partial charge on any atom is 0.228 e. The molecule has 1 aliphatic rings. The molecule has 0 unspecified atom stereocenters. The van der Waals surface area contributed by atoms with E-state index >= 15 is 0 Å². The fourth-order valence-corrected chi connectivity index (χ4v) is 3.55. The number of H-pyrrole nitrogens is 1. The molecule has 1 saturated carbocycles. The largest absolute Gasteiger partial charge is 0.309 e. The third-order valence-corrected chi connectivity index (χ3v) is 5.09. The first-order valence-electron chi connectivity index (χ1n) is 9.08. The molecule has 136 valence electrons. The van der Waals surface area contributed by atoms with Crippen molar-refractivity contribution in [2.45, 2.75) is 26.2 Å². The summed E-state index contributed by atoms with van der Waals surface area (Å²) in [6, 6.07) is 5.29. The summed E-state index contributed by atoms with van der Waals surface area (Å²) >= 11 is 0. The van der Waals surface area contributed by atoms with E-state index in [4.69, 9.17) is 0 Å². The number of pyridine rings is 1. The van der Waals surface area contributed by atoms with Crippen LogP contribution in [-0.4, -0.2) is 25.5 Å². The van der Waals surface area contributed by atoms with Crippen LogP contribution in [-0.2, 0) is 11.2 Å². The van der Waals surface area contributed by atoms with Gasteiger partial charge in [-0.2, -0.15) is 5.10 Å². The lowest BCUT2D eigenvalue weighted by Gasteiger charge is -2.11. The van der Waals surface area contributed by atoms with Gasteiger partial charge in [-0.3, -0.25) is 9.89 Å². The number of hydrogen-bond acceptors (Lipinski definition) is 3. The van der Waals surface area contributed by atoms with Gasteiger partial charge in [0.25, 0.3) is 0 Å². The van der Waals surface area contributed by atoms with E-state index in [2.05, 4.69) is 20.5 Å². The highest BCUT2D eigenvalue weighted by molar-refractivity contribution is 5.96. The van der Waals surface area contributed by atoms with E-state index in [1.807, 2.05) is 29.7 Å². The third kappa shape index (κ3) is 2.66. The van der Waals surface area contributed by atoms with Gasteiger partial charge in [0.1, 0.15) is 11.5 Å². The number of nitrogens with zero attached hydrogens (tertiary/aromatic N) is 3. The number of hydrogen-bond donors (Lipinski definition) is 2. The topological polar surface area (TPSA) is 75.1 Å². The van der Waals surface area contributed by atoms with Gasteiger partial charge in [0.15, 0.2) is 5.82 Å². The van der Waals surface area contributed by atoms with Crippen molar-refractivity contribution in [3.8, 4) is 11.1 Å². The molecule has 0 aliphatic heterocycles. The summed E-state index contributed by atoms with van der Waals surface area (Å²) in [7, 11) is 0. The lowest BCUT2D eigenvalue weighted by Crippen LogP contribution is -2.13. The Bertz CT molecular complexity index is 1190. The molecule has 1 aliphatic carbocycles. The summed E-state index contributed by atoms with van der Waals surface area (Å²) in [4.78, 5) is 16.4. The Labute approximate surface area is 154 Å². The molecule has 0 radical (unpaired) electrons. The van der Waals surface area contributed by atoms with Crippen LogP contribution in [0.5, 0.6) is 0 Å². The van der Waals surface area contributed by atoms with E-state index in [0.717, 1.165) is 35.0 Å². The molecule has 0 atom stereocenters. The highest BCUT2D eigenvalue weighted by Crippen LogP contribution is 2.34. The number of rotatable bonds is 4. The van der Waals surface area contributed by atoms with Crippen LogP contribution in [0, 0.1) is 11.7 Å². The molecule has 0 bridgehead atoms. The second kappa shape index (κ2) is 5.90. The van der Waals surface area contributed by atoms with Gasteiger partial charge in [0.2, 0.25) is 5.91 Å². The molecule has 0 spiro atoms. The number of carbonyl (C=O) groups is 1. The van der Waals surface area contributed by atoms with Crippen LogP contribution in [0.2, 0.25) is 0 Å². The van der Waals surface area contributed by atoms with E-state index in [-0.39, 0.29) is 17.6 Å². The van der Waals surface area contributed by atoms with Crippen LogP contribution in [0.25, 0.3) is 27.7 Å². The lowest BCUT2D eigenvalue weighted by molar-refractivity contribution is -0.117. The molecule has 1 amide bonds. The second-order valence-electron chi connectivity index (χ2n) is 6.97. The van der Waals surface area contributed by atoms with Crippen molar-refractivity contribution in [2.24, 2.45) is 5.92 Å². The predicted octanol–water partition coefficient (Wildman–Crippen LogP) is 3.93. The summed E-state index contributed by atoms with van der Waals surface area (Å²) in [5.41, 5.74) is 3.76. The summed E-state index contributed by atoms with van der Waals surface area (Å²) < 4.78 is 16.4. The maximum atomic E-state index is 14.6. The minimum Gasteiger partial charge on any atom is -0.309 e. The van der Waals surface area contributed by atoms with Crippen molar-refractivity contribution in [1.29, 1.82) is 0 Å². The number of fused-ring (bicyclic) bond motifs is 2. The van der Waals surface area contributed by atoms with Crippen LogP contribution < -0.4 is 5.32 Å². The standard InChI is InChI=1S/C20H18FN5O/c1-2-13-15(21)7-16-14(8-22-25-16)19(13)12-5-6-18-23-17(10-26(18)9-12)24-20(27)11-3-4-11/h5-11H,2-4H2,1H3,(H,22,25)(H,24,27). The number of aromatic amines is 1. The first-order chi connectivity index (χ1) is 13.1. The number of halogens is 1. The van der Waals surface area contributed by atoms with E-state index in [1.54, 1.807) is 12.4 Å². The Balaban J connectivity index is 1.62. The summed E-state index contributed by atoms with van der Waals surface area (Å²) in [6.07, 6.45) is 7.90. The zero-order valence-electron chi connectivity index (χ0n) is 14.8. The summed E-state index contributed by atoms with van der Waals surface area (Å²) in [5, 5.41) is 10.7. The molecule has 3 aromatic heterocycles. The maximum absolute atomic E-state index is 14.6. The molecule has 1 fully saturated rings. The predicted molar refractivity (Wildman–Crippen MR) is 101 cm³/mol. The Morgan fingerprint density at radius 3 is 3.00 bits per heavy atom. The monoisotopic (exact) mass is 363 g/mol. The molecular formula is C20H18FN5O. The van der Waals surface area contributed by atoms with Gasteiger partial charge in [-0.05, 0) is 48.6 Å². The number of carbonyl (C=O) groups excluding carboxylic acids is 1. The normalized spacial score (nSPS) is 14.1. The molecule has 7 heteroatoms. The smallest absolute Gasteiger partial charge is 0.228 e. The van der Waals surface area contributed by atoms with E-state index in [9.17, 15) is 9.18 Å². The number of amides is 1. The molecule has 4 aromatic rings. The minimum atomic E-state index is -0.243. The molecule has 5 rings (SSSR count). The van der Waals surface area contributed by atoms with Crippen LogP contribution in [0.15, 0.2) is 36.8 Å². The minimum absolute atomic E-state index is 0.0251. The SMILES string of the molecule is CCc1c(F)cc2[nH]ncc2c1-c1ccc2nc(NC(=O)C3CC3)cn2c1. The van der Waals surface area contributed by atoms with Gasteiger partial charge in [0, 0.05) is 23.1 Å². The van der Waals surface area contributed by atoms with Crippen LogP contribution in [0.1, 0.15) is 25.3 Å². The van der Waals surface area contributed by atoms with E-state index in [1.165, 1.54) is 6.07 Å². The first kappa shape index (κ1) is 16.0. The fraction of sp³-hybridized carbons (Fsp3) is 0.250. The Hall–Kier alpha value is -3.22. The van der Waals surface area contributed by atoms with Gasteiger partial charge in [-0.25, -0.2) is 9.37 Å². The number of anilines is 1. The van der Waals surface area contributed by atoms with Crippen LogP contribution >= 0.6 is 0 Å². The van der Waals surface area contributed by atoms with Crippen molar-refractivity contribution in [3.63, 3.8) is 0 Å². The molecule has 0 saturated heterocycles. The Kier molecular flexibility index (Phi) is 3.50. The van der Waals surface area contributed by atoms with Gasteiger partial charge in [0.05, 0.1) is 17.9 Å². The fourth-order valence-electron chi connectivity index (χ4n) is 3.55.